The lowest BCUT2D eigenvalue weighted by Crippen LogP contribution is -2.10. The van der Waals surface area contributed by atoms with Gasteiger partial charge in [0.25, 0.3) is 0 Å². The van der Waals surface area contributed by atoms with E-state index < -0.39 is 6.10 Å². The zero-order valence-electron chi connectivity index (χ0n) is 12.9. The van der Waals surface area contributed by atoms with Gasteiger partial charge in [0.1, 0.15) is 17.3 Å². The van der Waals surface area contributed by atoms with E-state index in [-0.39, 0.29) is 11.2 Å². The Labute approximate surface area is 125 Å². The Balaban J connectivity index is 2.26. The van der Waals surface area contributed by atoms with Crippen LogP contribution in [0, 0.1) is 5.82 Å². The van der Waals surface area contributed by atoms with E-state index >= 15 is 0 Å². The van der Waals surface area contributed by atoms with Crippen molar-refractivity contribution >= 4 is 0 Å². The SMILES string of the molecule is CC(O)c1cc(F)ccc1Oc1ccc(C(C)(C)C)cc1. The molecule has 1 unspecified atom stereocenters. The lowest BCUT2D eigenvalue weighted by molar-refractivity contribution is 0.195. The summed E-state index contributed by atoms with van der Waals surface area (Å²) in [4.78, 5) is 0. The number of hydrogen-bond acceptors (Lipinski definition) is 2. The van der Waals surface area contributed by atoms with Crippen LogP contribution >= 0.6 is 0 Å². The van der Waals surface area contributed by atoms with Gasteiger partial charge in [-0.05, 0) is 48.2 Å². The van der Waals surface area contributed by atoms with Crippen LogP contribution in [0.5, 0.6) is 11.5 Å². The topological polar surface area (TPSA) is 29.5 Å². The van der Waals surface area contributed by atoms with E-state index in [1.807, 2.05) is 24.3 Å². The minimum atomic E-state index is -0.787. The van der Waals surface area contributed by atoms with Crippen LogP contribution in [-0.2, 0) is 5.41 Å². The highest BCUT2D eigenvalue weighted by atomic mass is 19.1. The number of benzene rings is 2. The second kappa shape index (κ2) is 5.86. The van der Waals surface area contributed by atoms with Crippen molar-refractivity contribution in [3.8, 4) is 11.5 Å². The van der Waals surface area contributed by atoms with Crippen molar-refractivity contribution in [3.05, 3.63) is 59.4 Å². The Morgan fingerprint density at radius 2 is 1.67 bits per heavy atom. The molecule has 2 rings (SSSR count). The first kappa shape index (κ1) is 15.5. The zero-order chi connectivity index (χ0) is 15.6. The van der Waals surface area contributed by atoms with E-state index in [9.17, 15) is 9.50 Å². The normalized spacial score (nSPS) is 13.0. The van der Waals surface area contributed by atoms with E-state index in [1.54, 1.807) is 6.92 Å². The minimum absolute atomic E-state index is 0.0825. The zero-order valence-corrected chi connectivity index (χ0v) is 12.9. The molecule has 0 amide bonds. The monoisotopic (exact) mass is 288 g/mol. The van der Waals surface area contributed by atoms with Crippen molar-refractivity contribution in [3.63, 3.8) is 0 Å². The van der Waals surface area contributed by atoms with E-state index in [0.29, 0.717) is 17.1 Å². The largest absolute Gasteiger partial charge is 0.457 e. The highest BCUT2D eigenvalue weighted by Gasteiger charge is 2.14. The molecule has 1 atom stereocenters. The fourth-order valence-corrected chi connectivity index (χ4v) is 2.09. The summed E-state index contributed by atoms with van der Waals surface area (Å²) in [5.41, 5.74) is 1.73. The van der Waals surface area contributed by atoms with Crippen LogP contribution in [-0.4, -0.2) is 5.11 Å². The highest BCUT2D eigenvalue weighted by Crippen LogP contribution is 2.31. The predicted octanol–water partition coefficient (Wildman–Crippen LogP) is 4.97. The molecule has 3 heteroatoms. The lowest BCUT2D eigenvalue weighted by Gasteiger charge is -2.19. The molecule has 0 saturated heterocycles. The van der Waals surface area contributed by atoms with Crippen molar-refractivity contribution in [2.24, 2.45) is 0 Å². The predicted molar refractivity (Wildman–Crippen MR) is 82.2 cm³/mol. The Morgan fingerprint density at radius 3 is 2.19 bits per heavy atom. The number of hydrogen-bond donors (Lipinski definition) is 1. The molecule has 0 radical (unpaired) electrons. The van der Waals surface area contributed by atoms with E-state index in [4.69, 9.17) is 4.74 Å². The first-order chi connectivity index (χ1) is 9.77. The number of ether oxygens (including phenoxy) is 1. The molecule has 0 aliphatic carbocycles. The number of rotatable bonds is 3. The quantitative estimate of drug-likeness (QED) is 0.864. The maximum Gasteiger partial charge on any atom is 0.133 e. The molecule has 0 aromatic heterocycles. The smallest absolute Gasteiger partial charge is 0.133 e. The summed E-state index contributed by atoms with van der Waals surface area (Å²) >= 11 is 0. The first-order valence-corrected chi connectivity index (χ1v) is 7.03. The molecule has 1 N–H and O–H groups in total. The Kier molecular flexibility index (Phi) is 4.33. The third kappa shape index (κ3) is 3.82. The summed E-state index contributed by atoms with van der Waals surface area (Å²) < 4.78 is 19.0. The van der Waals surface area contributed by atoms with Gasteiger partial charge in [-0.1, -0.05) is 32.9 Å². The van der Waals surface area contributed by atoms with Crippen LogP contribution in [0.15, 0.2) is 42.5 Å². The van der Waals surface area contributed by atoms with Crippen LogP contribution < -0.4 is 4.74 Å². The van der Waals surface area contributed by atoms with Gasteiger partial charge in [-0.25, -0.2) is 4.39 Å². The van der Waals surface area contributed by atoms with E-state index in [2.05, 4.69) is 20.8 Å². The second-order valence-electron chi connectivity index (χ2n) is 6.23. The van der Waals surface area contributed by atoms with Crippen molar-refractivity contribution in [1.29, 1.82) is 0 Å². The Hall–Kier alpha value is -1.87. The molecule has 0 heterocycles. The van der Waals surface area contributed by atoms with Crippen molar-refractivity contribution in [2.75, 3.05) is 0 Å². The standard InChI is InChI=1S/C18H21FO2/c1-12(20)16-11-14(19)7-10-17(16)21-15-8-5-13(6-9-15)18(2,3)4/h5-12,20H,1-4H3. The molecular weight excluding hydrogens is 267 g/mol. The molecular formula is C18H21FO2. The molecule has 112 valence electrons. The maximum atomic E-state index is 13.3. The molecule has 2 aromatic rings. The molecule has 0 aliphatic rings. The van der Waals surface area contributed by atoms with Gasteiger partial charge >= 0.3 is 0 Å². The highest BCUT2D eigenvalue weighted by molar-refractivity contribution is 5.40. The average Bonchev–Trinajstić information content (AvgIpc) is 2.40. The van der Waals surface area contributed by atoms with Crippen molar-refractivity contribution in [1.82, 2.24) is 0 Å². The first-order valence-electron chi connectivity index (χ1n) is 7.03. The minimum Gasteiger partial charge on any atom is -0.457 e. The number of aliphatic hydroxyl groups excluding tert-OH is 1. The molecule has 0 saturated carbocycles. The number of halogens is 1. The third-order valence-corrected chi connectivity index (χ3v) is 3.37. The summed E-state index contributed by atoms with van der Waals surface area (Å²) in [6.07, 6.45) is -0.787. The summed E-state index contributed by atoms with van der Waals surface area (Å²) in [6, 6.07) is 12.0. The summed E-state index contributed by atoms with van der Waals surface area (Å²) in [5, 5.41) is 9.71. The number of aliphatic hydroxyl groups is 1. The van der Waals surface area contributed by atoms with E-state index in [1.165, 1.54) is 23.8 Å². The van der Waals surface area contributed by atoms with Crippen LogP contribution in [0.25, 0.3) is 0 Å². The fraction of sp³-hybridized carbons (Fsp3) is 0.333. The Bertz CT molecular complexity index is 610. The van der Waals surface area contributed by atoms with E-state index in [0.717, 1.165) is 0 Å². The molecule has 21 heavy (non-hydrogen) atoms. The van der Waals surface area contributed by atoms with Gasteiger partial charge in [0.05, 0.1) is 6.10 Å². The van der Waals surface area contributed by atoms with Crippen LogP contribution in [0.1, 0.15) is 44.9 Å². The van der Waals surface area contributed by atoms with Crippen molar-refractivity contribution < 1.29 is 14.2 Å². The van der Waals surface area contributed by atoms with Crippen LogP contribution in [0.4, 0.5) is 4.39 Å². The van der Waals surface area contributed by atoms with Gasteiger partial charge in [-0.3, -0.25) is 0 Å². The molecule has 2 nitrogen and oxygen atoms in total. The molecule has 0 fully saturated rings. The van der Waals surface area contributed by atoms with Gasteiger partial charge in [0.2, 0.25) is 0 Å². The van der Waals surface area contributed by atoms with Gasteiger partial charge in [-0.2, -0.15) is 0 Å². The molecule has 0 spiro atoms. The second-order valence-corrected chi connectivity index (χ2v) is 6.23. The molecule has 0 bridgehead atoms. The summed E-state index contributed by atoms with van der Waals surface area (Å²) in [7, 11) is 0. The average molecular weight is 288 g/mol. The fourth-order valence-electron chi connectivity index (χ4n) is 2.09. The Morgan fingerprint density at radius 1 is 1.05 bits per heavy atom. The summed E-state index contributed by atoms with van der Waals surface area (Å²) in [6.45, 7) is 8.03. The molecule has 0 aliphatic heterocycles. The van der Waals surface area contributed by atoms with Gasteiger partial charge < -0.3 is 9.84 Å². The van der Waals surface area contributed by atoms with Crippen molar-refractivity contribution in [2.45, 2.75) is 39.2 Å². The molecule has 2 aromatic carbocycles. The van der Waals surface area contributed by atoms with Crippen LogP contribution in [0.3, 0.4) is 0 Å². The third-order valence-electron chi connectivity index (χ3n) is 3.37. The summed E-state index contributed by atoms with van der Waals surface area (Å²) in [5.74, 6) is 0.743. The van der Waals surface area contributed by atoms with Gasteiger partial charge in [-0.15, -0.1) is 0 Å². The van der Waals surface area contributed by atoms with Crippen LogP contribution in [0.2, 0.25) is 0 Å². The van der Waals surface area contributed by atoms with Gasteiger partial charge in [0, 0.05) is 5.56 Å². The maximum absolute atomic E-state index is 13.3. The lowest BCUT2D eigenvalue weighted by atomic mass is 9.87. The van der Waals surface area contributed by atoms with Gasteiger partial charge in [0.15, 0.2) is 0 Å².